The zero-order valence-corrected chi connectivity index (χ0v) is 11.8. The van der Waals surface area contributed by atoms with E-state index in [0.29, 0.717) is 41.4 Å². The van der Waals surface area contributed by atoms with Crippen LogP contribution in [0, 0.1) is 11.3 Å². The third-order valence-corrected chi connectivity index (χ3v) is 3.48. The molecule has 0 fully saturated rings. The number of nitrogens with two attached hydrogens (primary N) is 1. The van der Waals surface area contributed by atoms with Crippen molar-refractivity contribution in [3.63, 3.8) is 0 Å². The third-order valence-electron chi connectivity index (χ3n) is 3.48. The number of pyridine rings is 1. The minimum Gasteiger partial charge on any atom is -0.504 e. The number of fused-ring (bicyclic) bond motifs is 2. The van der Waals surface area contributed by atoms with Gasteiger partial charge in [0.15, 0.2) is 11.5 Å². The second-order valence-corrected chi connectivity index (χ2v) is 4.90. The zero-order chi connectivity index (χ0) is 15.9. The lowest BCUT2D eigenvalue weighted by Gasteiger charge is -2.23. The molecule has 0 saturated carbocycles. The van der Waals surface area contributed by atoms with Crippen molar-refractivity contribution in [3.05, 3.63) is 28.8 Å². The molecular formula is C15H14N4O3. The zero-order valence-electron chi connectivity index (χ0n) is 11.8. The fraction of sp³-hybridized carbons (Fsp3) is 0.200. The van der Waals surface area contributed by atoms with Crippen molar-refractivity contribution < 1.29 is 14.9 Å². The summed E-state index contributed by atoms with van der Waals surface area (Å²) in [5.41, 5.74) is 8.07. The minimum atomic E-state index is -0.268. The summed E-state index contributed by atoms with van der Waals surface area (Å²) in [5, 5.41) is 31.6. The molecule has 7 heteroatoms. The number of nitrogens with one attached hydrogen (secondary N) is 1. The van der Waals surface area contributed by atoms with Crippen molar-refractivity contribution in [1.82, 2.24) is 4.98 Å². The number of nitrogens with zero attached hydrogens (tertiary/aromatic N) is 2. The summed E-state index contributed by atoms with van der Waals surface area (Å²) in [7, 11) is 0. The first kappa shape index (κ1) is 13.8. The van der Waals surface area contributed by atoms with Crippen LogP contribution in [0.4, 0.5) is 11.5 Å². The number of hydrogen-bond acceptors (Lipinski definition) is 7. The number of rotatable bonds is 2. The summed E-state index contributed by atoms with van der Waals surface area (Å²) in [6, 6.07) is 4.81. The second kappa shape index (κ2) is 5.00. The van der Waals surface area contributed by atoms with Crippen LogP contribution < -0.4 is 15.8 Å². The van der Waals surface area contributed by atoms with E-state index < -0.39 is 0 Å². The Hall–Kier alpha value is -3.14. The van der Waals surface area contributed by atoms with Crippen LogP contribution in [0.1, 0.15) is 23.6 Å². The van der Waals surface area contributed by atoms with E-state index in [0.717, 1.165) is 0 Å². The van der Waals surface area contributed by atoms with Crippen molar-refractivity contribution in [1.29, 1.82) is 5.26 Å². The Morgan fingerprint density at radius 1 is 1.41 bits per heavy atom. The van der Waals surface area contributed by atoms with Crippen molar-refractivity contribution in [3.8, 4) is 29.2 Å². The van der Waals surface area contributed by atoms with Gasteiger partial charge in [-0.25, -0.2) is 0 Å². The number of aromatic nitrogens is 1. The van der Waals surface area contributed by atoms with Crippen LogP contribution in [0.5, 0.6) is 23.1 Å². The van der Waals surface area contributed by atoms with Gasteiger partial charge in [0.25, 0.3) is 0 Å². The summed E-state index contributed by atoms with van der Waals surface area (Å²) < 4.78 is 5.67. The van der Waals surface area contributed by atoms with Crippen LogP contribution in [-0.4, -0.2) is 21.7 Å². The predicted molar refractivity (Wildman–Crippen MR) is 80.2 cm³/mol. The molecule has 1 aliphatic heterocycles. The van der Waals surface area contributed by atoms with E-state index in [2.05, 4.69) is 10.3 Å². The predicted octanol–water partition coefficient (Wildman–Crippen LogP) is 2.07. The van der Waals surface area contributed by atoms with Crippen molar-refractivity contribution in [2.75, 3.05) is 17.6 Å². The monoisotopic (exact) mass is 298 g/mol. The molecular weight excluding hydrogens is 284 g/mol. The lowest BCUT2D eigenvalue weighted by Crippen LogP contribution is -2.13. The van der Waals surface area contributed by atoms with Crippen LogP contribution >= 0.6 is 0 Å². The maximum Gasteiger partial charge on any atom is 0.226 e. The standard InChI is InChI=1S/C15H14N4O3/c1-2-18-13-8-3-7-4-10(20)11(21)5-12(7)22-15(8)19-14(17)9(13)6-16/h4-5,20-21H,2-3H2,1H3,(H3,17,18,19). The molecule has 1 aliphatic rings. The molecule has 0 saturated heterocycles. The normalized spacial score (nSPS) is 11.8. The first-order valence-corrected chi connectivity index (χ1v) is 6.74. The molecule has 0 unspecified atom stereocenters. The van der Waals surface area contributed by atoms with Gasteiger partial charge < -0.3 is 26.0 Å². The molecule has 0 amide bonds. The van der Waals surface area contributed by atoms with Gasteiger partial charge >= 0.3 is 0 Å². The van der Waals surface area contributed by atoms with Crippen molar-refractivity contribution >= 4 is 11.5 Å². The van der Waals surface area contributed by atoms with E-state index in [-0.39, 0.29) is 22.9 Å². The van der Waals surface area contributed by atoms with Gasteiger partial charge in [-0.15, -0.1) is 0 Å². The maximum atomic E-state index is 9.63. The average molecular weight is 298 g/mol. The molecule has 1 aromatic heterocycles. The largest absolute Gasteiger partial charge is 0.504 e. The topological polar surface area (TPSA) is 124 Å². The Labute approximate surface area is 126 Å². The minimum absolute atomic E-state index is 0.0867. The molecule has 1 aromatic carbocycles. The quantitative estimate of drug-likeness (QED) is 0.534. The highest BCUT2D eigenvalue weighted by atomic mass is 16.5. The van der Waals surface area contributed by atoms with Gasteiger partial charge in [0, 0.05) is 30.2 Å². The Morgan fingerprint density at radius 3 is 2.82 bits per heavy atom. The van der Waals surface area contributed by atoms with E-state index in [1.165, 1.54) is 12.1 Å². The van der Waals surface area contributed by atoms with E-state index in [1.807, 2.05) is 13.0 Å². The number of nitrogen functional groups attached to an aromatic ring is 1. The average Bonchev–Trinajstić information content (AvgIpc) is 2.48. The highest BCUT2D eigenvalue weighted by molar-refractivity contribution is 5.74. The van der Waals surface area contributed by atoms with Crippen LogP contribution in [0.25, 0.3) is 0 Å². The molecule has 112 valence electrons. The molecule has 0 atom stereocenters. The van der Waals surface area contributed by atoms with Crippen LogP contribution in [0.2, 0.25) is 0 Å². The summed E-state index contributed by atoms with van der Waals surface area (Å²) in [5.74, 6) is 0.297. The fourth-order valence-electron chi connectivity index (χ4n) is 2.48. The fourth-order valence-corrected chi connectivity index (χ4v) is 2.48. The highest BCUT2D eigenvalue weighted by Crippen LogP contribution is 2.44. The molecule has 5 N–H and O–H groups in total. The smallest absolute Gasteiger partial charge is 0.226 e. The third kappa shape index (κ3) is 2.02. The van der Waals surface area contributed by atoms with Crippen LogP contribution in [0.15, 0.2) is 12.1 Å². The number of phenols is 2. The molecule has 0 radical (unpaired) electrons. The lowest BCUT2D eigenvalue weighted by molar-refractivity contribution is 0.391. The van der Waals surface area contributed by atoms with Gasteiger partial charge in [-0.2, -0.15) is 10.2 Å². The number of aromatic hydroxyl groups is 2. The number of ether oxygens (including phenoxy) is 1. The maximum absolute atomic E-state index is 9.63. The Balaban J connectivity index is 2.18. The highest BCUT2D eigenvalue weighted by Gasteiger charge is 2.26. The SMILES string of the molecule is CCNc1c(C#N)c(N)nc2c1Cc1cc(O)c(O)cc1O2. The first-order chi connectivity index (χ1) is 10.5. The van der Waals surface area contributed by atoms with E-state index in [1.54, 1.807) is 0 Å². The summed E-state index contributed by atoms with van der Waals surface area (Å²) in [4.78, 5) is 4.13. The van der Waals surface area contributed by atoms with Crippen molar-refractivity contribution in [2.45, 2.75) is 13.3 Å². The van der Waals surface area contributed by atoms with E-state index in [4.69, 9.17) is 10.5 Å². The molecule has 2 heterocycles. The van der Waals surface area contributed by atoms with Crippen LogP contribution in [0.3, 0.4) is 0 Å². The van der Waals surface area contributed by atoms with Gasteiger partial charge in [0.05, 0.1) is 5.69 Å². The van der Waals surface area contributed by atoms with Gasteiger partial charge in [-0.3, -0.25) is 0 Å². The molecule has 2 aromatic rings. The Bertz CT molecular complexity index is 812. The van der Waals surface area contributed by atoms with E-state index >= 15 is 0 Å². The number of phenolic OH excluding ortho intramolecular Hbond substituents is 2. The Kier molecular flexibility index (Phi) is 3.14. The van der Waals surface area contributed by atoms with Crippen molar-refractivity contribution in [2.24, 2.45) is 0 Å². The molecule has 7 nitrogen and oxygen atoms in total. The van der Waals surface area contributed by atoms with E-state index in [9.17, 15) is 15.5 Å². The van der Waals surface area contributed by atoms with Gasteiger partial charge in [-0.1, -0.05) is 0 Å². The molecule has 0 bridgehead atoms. The summed E-state index contributed by atoms with van der Waals surface area (Å²) in [6.07, 6.45) is 0.406. The summed E-state index contributed by atoms with van der Waals surface area (Å²) in [6.45, 7) is 2.52. The van der Waals surface area contributed by atoms with Gasteiger partial charge in [0.1, 0.15) is 23.2 Å². The van der Waals surface area contributed by atoms with Gasteiger partial charge in [-0.05, 0) is 13.0 Å². The number of anilines is 2. The van der Waals surface area contributed by atoms with Crippen LogP contribution in [-0.2, 0) is 6.42 Å². The number of benzene rings is 1. The lowest BCUT2D eigenvalue weighted by atomic mass is 9.98. The number of hydrogen-bond donors (Lipinski definition) is 4. The molecule has 3 rings (SSSR count). The molecule has 22 heavy (non-hydrogen) atoms. The first-order valence-electron chi connectivity index (χ1n) is 6.74. The molecule has 0 aliphatic carbocycles. The Morgan fingerprint density at radius 2 is 2.14 bits per heavy atom. The van der Waals surface area contributed by atoms with Gasteiger partial charge in [0.2, 0.25) is 5.88 Å². The second-order valence-electron chi connectivity index (χ2n) is 4.90. The molecule has 0 spiro atoms. The number of nitriles is 1. The summed E-state index contributed by atoms with van der Waals surface area (Å²) >= 11 is 0.